The van der Waals surface area contributed by atoms with Crippen LogP contribution in [0, 0.1) is 0 Å². The Morgan fingerprint density at radius 1 is 1.18 bits per heavy atom. The van der Waals surface area contributed by atoms with Crippen LogP contribution >= 0.6 is 0 Å². The van der Waals surface area contributed by atoms with Gasteiger partial charge in [-0.05, 0) is 20.8 Å². The molecule has 0 radical (unpaired) electrons. The van der Waals surface area contributed by atoms with E-state index in [0.29, 0.717) is 5.56 Å². The fourth-order valence-corrected chi connectivity index (χ4v) is 1.98. The van der Waals surface area contributed by atoms with Gasteiger partial charge in [-0.3, -0.25) is 4.90 Å². The SMILES string of the molecule is COc1nc(C(F)(F)F)nc2c1CN(C(=O)OC(C)(C)C)C2. The van der Waals surface area contributed by atoms with E-state index in [4.69, 9.17) is 9.47 Å². The van der Waals surface area contributed by atoms with Crippen LogP contribution in [0.4, 0.5) is 18.0 Å². The molecule has 0 fully saturated rings. The molecular weight excluding hydrogens is 303 g/mol. The highest BCUT2D eigenvalue weighted by Crippen LogP contribution is 2.34. The highest BCUT2D eigenvalue weighted by molar-refractivity contribution is 5.69. The fourth-order valence-electron chi connectivity index (χ4n) is 1.98. The van der Waals surface area contributed by atoms with Crippen LogP contribution in [0.15, 0.2) is 0 Å². The molecule has 2 rings (SSSR count). The van der Waals surface area contributed by atoms with E-state index in [1.807, 2.05) is 0 Å². The highest BCUT2D eigenvalue weighted by atomic mass is 19.4. The number of methoxy groups -OCH3 is 1. The molecular formula is C13H16F3N3O3. The zero-order valence-electron chi connectivity index (χ0n) is 12.6. The third kappa shape index (κ3) is 3.40. The van der Waals surface area contributed by atoms with Crippen molar-refractivity contribution in [1.82, 2.24) is 14.9 Å². The molecule has 1 aliphatic heterocycles. The minimum Gasteiger partial charge on any atom is -0.481 e. The van der Waals surface area contributed by atoms with E-state index in [0.717, 1.165) is 0 Å². The van der Waals surface area contributed by atoms with Crippen molar-refractivity contribution in [2.75, 3.05) is 7.11 Å². The molecule has 1 aromatic rings. The van der Waals surface area contributed by atoms with Crippen molar-refractivity contribution < 1.29 is 27.4 Å². The third-order valence-electron chi connectivity index (χ3n) is 2.84. The lowest BCUT2D eigenvalue weighted by Crippen LogP contribution is -2.33. The molecule has 1 aromatic heterocycles. The first kappa shape index (κ1) is 16.3. The maximum Gasteiger partial charge on any atom is 0.451 e. The first-order valence-electron chi connectivity index (χ1n) is 6.50. The van der Waals surface area contributed by atoms with Crippen molar-refractivity contribution >= 4 is 6.09 Å². The topological polar surface area (TPSA) is 64.6 Å². The Hall–Kier alpha value is -2.06. The van der Waals surface area contributed by atoms with Crippen LogP contribution in [0.1, 0.15) is 37.9 Å². The third-order valence-corrected chi connectivity index (χ3v) is 2.84. The lowest BCUT2D eigenvalue weighted by molar-refractivity contribution is -0.145. The second-order valence-corrected chi connectivity index (χ2v) is 5.82. The molecule has 0 unspecified atom stereocenters. The average molecular weight is 319 g/mol. The molecule has 1 amide bonds. The number of amides is 1. The lowest BCUT2D eigenvalue weighted by Gasteiger charge is -2.23. The quantitative estimate of drug-likeness (QED) is 0.796. The zero-order chi connectivity index (χ0) is 16.7. The standard InChI is InChI=1S/C13H16F3N3O3/c1-12(2,3)22-11(20)19-5-7-8(6-19)17-10(13(14,15)16)18-9(7)21-4/h5-6H2,1-4H3. The van der Waals surface area contributed by atoms with Gasteiger partial charge in [-0.1, -0.05) is 0 Å². The summed E-state index contributed by atoms with van der Waals surface area (Å²) in [5.41, 5.74) is -0.218. The molecule has 2 heterocycles. The normalized spacial score (nSPS) is 14.8. The number of aromatic nitrogens is 2. The van der Waals surface area contributed by atoms with Crippen molar-refractivity contribution in [2.24, 2.45) is 0 Å². The van der Waals surface area contributed by atoms with Gasteiger partial charge >= 0.3 is 12.3 Å². The van der Waals surface area contributed by atoms with Crippen LogP contribution in [0.2, 0.25) is 0 Å². The number of alkyl halides is 3. The first-order valence-corrected chi connectivity index (χ1v) is 6.50. The maximum absolute atomic E-state index is 12.8. The molecule has 0 aromatic carbocycles. The Morgan fingerprint density at radius 2 is 1.82 bits per heavy atom. The number of hydrogen-bond donors (Lipinski definition) is 0. The summed E-state index contributed by atoms with van der Waals surface area (Å²) >= 11 is 0. The van der Waals surface area contributed by atoms with E-state index in [1.165, 1.54) is 12.0 Å². The molecule has 6 nitrogen and oxygen atoms in total. The summed E-state index contributed by atoms with van der Waals surface area (Å²) in [6.07, 6.45) is -5.30. The number of nitrogens with zero attached hydrogens (tertiary/aromatic N) is 3. The van der Waals surface area contributed by atoms with E-state index >= 15 is 0 Å². The fraction of sp³-hybridized carbons (Fsp3) is 0.615. The molecule has 9 heteroatoms. The van der Waals surface area contributed by atoms with E-state index in [9.17, 15) is 18.0 Å². The second-order valence-electron chi connectivity index (χ2n) is 5.82. The minimum absolute atomic E-state index is 0.0472. The Kier molecular flexibility index (Phi) is 3.92. The molecule has 0 bridgehead atoms. The molecule has 0 saturated carbocycles. The summed E-state index contributed by atoms with van der Waals surface area (Å²) in [5, 5.41) is 0. The van der Waals surface area contributed by atoms with Crippen LogP contribution in [0.3, 0.4) is 0 Å². The predicted octanol–water partition coefficient (Wildman–Crippen LogP) is 2.75. The summed E-state index contributed by atoms with van der Waals surface area (Å²) in [7, 11) is 1.22. The molecule has 1 aliphatic rings. The van der Waals surface area contributed by atoms with Gasteiger partial charge < -0.3 is 9.47 Å². The van der Waals surface area contributed by atoms with Gasteiger partial charge in [-0.25, -0.2) is 9.78 Å². The maximum atomic E-state index is 12.8. The number of fused-ring (bicyclic) bond motifs is 1. The number of hydrogen-bond acceptors (Lipinski definition) is 5. The van der Waals surface area contributed by atoms with Crippen LogP contribution in [0.25, 0.3) is 0 Å². The Morgan fingerprint density at radius 3 is 2.32 bits per heavy atom. The van der Waals surface area contributed by atoms with E-state index in [2.05, 4.69) is 9.97 Å². The van der Waals surface area contributed by atoms with Crippen LogP contribution in [-0.2, 0) is 24.0 Å². The number of carbonyl (C=O) groups is 1. The number of halogens is 3. The van der Waals surface area contributed by atoms with Crippen molar-refractivity contribution in [2.45, 2.75) is 45.6 Å². The molecule has 22 heavy (non-hydrogen) atoms. The van der Waals surface area contributed by atoms with Gasteiger partial charge in [0, 0.05) is 0 Å². The van der Waals surface area contributed by atoms with Gasteiger partial charge in [0.15, 0.2) is 0 Å². The van der Waals surface area contributed by atoms with E-state index in [-0.39, 0.29) is 24.7 Å². The summed E-state index contributed by atoms with van der Waals surface area (Å²) in [6.45, 7) is 5.08. The van der Waals surface area contributed by atoms with Gasteiger partial charge in [-0.15, -0.1) is 0 Å². The Bertz CT molecular complexity index is 597. The van der Waals surface area contributed by atoms with Gasteiger partial charge in [0.25, 0.3) is 0 Å². The van der Waals surface area contributed by atoms with Crippen molar-refractivity contribution in [3.63, 3.8) is 0 Å². The minimum atomic E-state index is -4.68. The summed E-state index contributed by atoms with van der Waals surface area (Å²) in [5.74, 6) is -1.46. The van der Waals surface area contributed by atoms with Crippen LogP contribution in [-0.4, -0.2) is 33.7 Å². The second kappa shape index (κ2) is 5.29. The largest absolute Gasteiger partial charge is 0.481 e. The molecule has 0 N–H and O–H groups in total. The van der Waals surface area contributed by atoms with Crippen molar-refractivity contribution in [3.05, 3.63) is 17.1 Å². The lowest BCUT2D eigenvalue weighted by atomic mass is 10.2. The van der Waals surface area contributed by atoms with Gasteiger partial charge in [0.2, 0.25) is 11.7 Å². The highest BCUT2D eigenvalue weighted by Gasteiger charge is 2.39. The van der Waals surface area contributed by atoms with Crippen LogP contribution in [0.5, 0.6) is 5.88 Å². The Labute approximate surface area is 125 Å². The van der Waals surface area contributed by atoms with Gasteiger partial charge in [0.05, 0.1) is 31.5 Å². The average Bonchev–Trinajstić information content (AvgIpc) is 2.78. The van der Waals surface area contributed by atoms with Crippen molar-refractivity contribution in [1.29, 1.82) is 0 Å². The first-order chi connectivity index (χ1) is 10.0. The zero-order valence-corrected chi connectivity index (χ0v) is 12.6. The van der Waals surface area contributed by atoms with Gasteiger partial charge in [-0.2, -0.15) is 18.2 Å². The molecule has 122 valence electrons. The number of carbonyl (C=O) groups excluding carboxylic acids is 1. The molecule has 0 saturated heterocycles. The monoisotopic (exact) mass is 319 g/mol. The number of ether oxygens (including phenoxy) is 2. The molecule has 0 spiro atoms. The van der Waals surface area contributed by atoms with Gasteiger partial charge in [0.1, 0.15) is 5.60 Å². The van der Waals surface area contributed by atoms with Crippen molar-refractivity contribution in [3.8, 4) is 5.88 Å². The van der Waals surface area contributed by atoms with E-state index < -0.39 is 23.7 Å². The summed E-state index contributed by atoms with van der Waals surface area (Å²) in [4.78, 5) is 20.1. The Balaban J connectivity index is 2.28. The smallest absolute Gasteiger partial charge is 0.451 e. The summed E-state index contributed by atoms with van der Waals surface area (Å²) in [6, 6.07) is 0. The van der Waals surface area contributed by atoms with Crippen LogP contribution < -0.4 is 4.74 Å². The van der Waals surface area contributed by atoms with E-state index in [1.54, 1.807) is 20.8 Å². The predicted molar refractivity (Wildman–Crippen MR) is 69.1 cm³/mol. The summed E-state index contributed by atoms with van der Waals surface area (Å²) < 4.78 is 48.4. The number of rotatable bonds is 1. The molecule has 0 aliphatic carbocycles. The molecule has 0 atom stereocenters.